The van der Waals surface area contributed by atoms with Crippen molar-refractivity contribution in [2.24, 2.45) is 11.8 Å². The topological polar surface area (TPSA) is 49.4 Å². The number of hydrogen-bond donors (Lipinski definition) is 1. The first-order chi connectivity index (χ1) is 14.2. The van der Waals surface area contributed by atoms with Crippen LogP contribution in [-0.4, -0.2) is 36.3 Å². The van der Waals surface area contributed by atoms with Gasteiger partial charge in [0.05, 0.1) is 5.92 Å². The van der Waals surface area contributed by atoms with Crippen LogP contribution in [0.2, 0.25) is 0 Å². The second kappa shape index (κ2) is 9.25. The molecule has 4 heteroatoms. The second-order valence-corrected chi connectivity index (χ2v) is 8.41. The van der Waals surface area contributed by atoms with Gasteiger partial charge in [0.15, 0.2) is 0 Å². The lowest BCUT2D eigenvalue weighted by Crippen LogP contribution is -2.38. The predicted octanol–water partition coefficient (Wildman–Crippen LogP) is 4.05. The molecule has 2 aliphatic rings. The minimum atomic E-state index is -0.213. The summed E-state index contributed by atoms with van der Waals surface area (Å²) in [5, 5.41) is 3.02. The third-order valence-electron chi connectivity index (χ3n) is 6.35. The molecule has 4 rings (SSSR count). The highest BCUT2D eigenvalue weighted by molar-refractivity contribution is 5.82. The fraction of sp³-hybridized carbons (Fsp3) is 0.440. The van der Waals surface area contributed by atoms with Crippen molar-refractivity contribution in [3.05, 3.63) is 60.2 Å². The van der Waals surface area contributed by atoms with E-state index in [0.717, 1.165) is 16.7 Å². The highest BCUT2D eigenvalue weighted by Gasteiger charge is 2.30. The van der Waals surface area contributed by atoms with Crippen molar-refractivity contribution in [1.29, 1.82) is 0 Å². The third kappa shape index (κ3) is 4.87. The monoisotopic (exact) mass is 390 g/mol. The minimum Gasteiger partial charge on any atom is -0.354 e. The van der Waals surface area contributed by atoms with Gasteiger partial charge in [0.1, 0.15) is 0 Å². The van der Waals surface area contributed by atoms with Gasteiger partial charge in [-0.1, -0.05) is 67.4 Å². The van der Waals surface area contributed by atoms with Crippen molar-refractivity contribution in [2.45, 2.75) is 38.5 Å². The Bertz CT molecular complexity index is 843. The van der Waals surface area contributed by atoms with Gasteiger partial charge in [0, 0.05) is 26.1 Å². The van der Waals surface area contributed by atoms with E-state index in [1.54, 1.807) is 0 Å². The molecule has 1 saturated heterocycles. The Labute approximate surface area is 173 Å². The Morgan fingerprint density at radius 1 is 1.00 bits per heavy atom. The van der Waals surface area contributed by atoms with E-state index in [4.69, 9.17) is 0 Å². The number of nitrogens with one attached hydrogen (secondary N) is 1. The highest BCUT2D eigenvalue weighted by Crippen LogP contribution is 2.29. The van der Waals surface area contributed by atoms with Crippen molar-refractivity contribution >= 4 is 11.8 Å². The van der Waals surface area contributed by atoms with Gasteiger partial charge in [0.2, 0.25) is 11.8 Å². The van der Waals surface area contributed by atoms with Crippen LogP contribution < -0.4 is 5.32 Å². The summed E-state index contributed by atoms with van der Waals surface area (Å²) in [6, 6.07) is 18.6. The van der Waals surface area contributed by atoms with Gasteiger partial charge in [-0.2, -0.15) is 0 Å². The lowest BCUT2D eigenvalue weighted by atomic mass is 9.91. The van der Waals surface area contributed by atoms with Crippen molar-refractivity contribution in [1.82, 2.24) is 10.2 Å². The quantitative estimate of drug-likeness (QED) is 0.837. The molecule has 1 N–H and O–H groups in total. The van der Waals surface area contributed by atoms with Crippen LogP contribution in [0.25, 0.3) is 11.1 Å². The standard InChI is InChI=1S/C25H30N2O2/c28-24(16-19-8-4-5-9-19)27-15-14-26-25(29)22(18-27)17-21-12-6-7-13-23(21)20-10-2-1-3-11-20/h1-3,6-7,10-13,19,22H,4-5,8-9,14-18H2,(H,26,29)/t22-/m0/s1. The average Bonchev–Trinajstić information content (AvgIpc) is 3.19. The number of hydrogen-bond acceptors (Lipinski definition) is 2. The molecule has 0 spiro atoms. The summed E-state index contributed by atoms with van der Waals surface area (Å²) in [6.45, 7) is 1.68. The second-order valence-electron chi connectivity index (χ2n) is 8.41. The predicted molar refractivity (Wildman–Crippen MR) is 115 cm³/mol. The third-order valence-corrected chi connectivity index (χ3v) is 6.35. The highest BCUT2D eigenvalue weighted by atomic mass is 16.2. The summed E-state index contributed by atoms with van der Waals surface area (Å²) in [7, 11) is 0. The summed E-state index contributed by atoms with van der Waals surface area (Å²) < 4.78 is 0. The van der Waals surface area contributed by atoms with Gasteiger partial charge < -0.3 is 10.2 Å². The Morgan fingerprint density at radius 3 is 2.52 bits per heavy atom. The SMILES string of the molecule is O=C1NCCN(C(=O)CC2CCCC2)C[C@@H]1Cc1ccccc1-c1ccccc1. The van der Waals surface area contributed by atoms with Crippen LogP contribution >= 0.6 is 0 Å². The van der Waals surface area contributed by atoms with Crippen molar-refractivity contribution in [3.63, 3.8) is 0 Å². The largest absolute Gasteiger partial charge is 0.354 e. The van der Waals surface area contributed by atoms with Crippen molar-refractivity contribution in [2.75, 3.05) is 19.6 Å². The molecule has 2 amide bonds. The molecule has 2 aromatic carbocycles. The lowest BCUT2D eigenvalue weighted by Gasteiger charge is -2.25. The molecule has 152 valence electrons. The molecule has 1 saturated carbocycles. The first-order valence-corrected chi connectivity index (χ1v) is 10.9. The summed E-state index contributed by atoms with van der Waals surface area (Å²) in [5.41, 5.74) is 3.48. The van der Waals surface area contributed by atoms with Crippen molar-refractivity contribution in [3.8, 4) is 11.1 Å². The fourth-order valence-corrected chi connectivity index (χ4v) is 4.74. The maximum atomic E-state index is 12.9. The first-order valence-electron chi connectivity index (χ1n) is 10.9. The summed E-state index contributed by atoms with van der Waals surface area (Å²) in [6.07, 6.45) is 6.12. The molecule has 0 unspecified atom stereocenters. The smallest absolute Gasteiger partial charge is 0.225 e. The first kappa shape index (κ1) is 19.7. The van der Waals surface area contributed by atoms with Crippen LogP contribution in [-0.2, 0) is 16.0 Å². The van der Waals surface area contributed by atoms with Gasteiger partial charge in [-0.3, -0.25) is 9.59 Å². The van der Waals surface area contributed by atoms with E-state index in [2.05, 4.69) is 29.6 Å². The Kier molecular flexibility index (Phi) is 6.28. The van der Waals surface area contributed by atoms with Crippen LogP contribution in [0, 0.1) is 11.8 Å². The minimum absolute atomic E-state index is 0.0593. The molecule has 0 bridgehead atoms. The van der Waals surface area contributed by atoms with Gasteiger partial charge in [0.25, 0.3) is 0 Å². The lowest BCUT2D eigenvalue weighted by molar-refractivity contribution is -0.133. The van der Waals surface area contributed by atoms with E-state index in [1.165, 1.54) is 25.7 Å². The average molecular weight is 391 g/mol. The van der Waals surface area contributed by atoms with Crippen LogP contribution in [0.5, 0.6) is 0 Å². The van der Waals surface area contributed by atoms with Gasteiger partial charge in [-0.15, -0.1) is 0 Å². The van der Waals surface area contributed by atoms with Gasteiger partial charge in [-0.25, -0.2) is 0 Å². The van der Waals surface area contributed by atoms with E-state index in [1.807, 2.05) is 35.2 Å². The van der Waals surface area contributed by atoms with Crippen LogP contribution in [0.1, 0.15) is 37.7 Å². The molecule has 0 radical (unpaired) electrons. The zero-order valence-corrected chi connectivity index (χ0v) is 17.0. The molecular weight excluding hydrogens is 360 g/mol. The maximum absolute atomic E-state index is 12.9. The Hall–Kier alpha value is -2.62. The molecule has 2 aromatic rings. The number of carbonyl (C=O) groups is 2. The molecule has 1 aliphatic heterocycles. The number of carbonyl (C=O) groups excluding carboxylic acids is 2. The molecule has 2 fully saturated rings. The number of benzene rings is 2. The maximum Gasteiger partial charge on any atom is 0.225 e. The zero-order chi connectivity index (χ0) is 20.1. The molecule has 1 aliphatic carbocycles. The number of rotatable bonds is 5. The molecular formula is C25H30N2O2. The van der Waals surface area contributed by atoms with Gasteiger partial charge >= 0.3 is 0 Å². The van der Waals surface area contributed by atoms with E-state index in [9.17, 15) is 9.59 Å². The molecule has 1 heterocycles. The van der Waals surface area contributed by atoms with E-state index >= 15 is 0 Å². The molecule has 29 heavy (non-hydrogen) atoms. The van der Waals surface area contributed by atoms with Crippen LogP contribution in [0.4, 0.5) is 0 Å². The summed E-state index contributed by atoms with van der Waals surface area (Å²) >= 11 is 0. The van der Waals surface area contributed by atoms with Crippen molar-refractivity contribution < 1.29 is 9.59 Å². The zero-order valence-electron chi connectivity index (χ0n) is 17.0. The van der Waals surface area contributed by atoms with E-state index in [0.29, 0.717) is 38.4 Å². The van der Waals surface area contributed by atoms with Crippen LogP contribution in [0.15, 0.2) is 54.6 Å². The van der Waals surface area contributed by atoms with Gasteiger partial charge in [-0.05, 0) is 41.9 Å². The normalized spacial score (nSPS) is 20.3. The Morgan fingerprint density at radius 2 is 1.72 bits per heavy atom. The molecule has 1 atom stereocenters. The fourth-order valence-electron chi connectivity index (χ4n) is 4.74. The number of nitrogens with zero attached hydrogens (tertiary/aromatic N) is 1. The van der Waals surface area contributed by atoms with Crippen LogP contribution in [0.3, 0.4) is 0 Å². The summed E-state index contributed by atoms with van der Waals surface area (Å²) in [5.74, 6) is 0.598. The van der Waals surface area contributed by atoms with E-state index in [-0.39, 0.29) is 17.7 Å². The number of amides is 2. The molecule has 0 aromatic heterocycles. The van der Waals surface area contributed by atoms with E-state index < -0.39 is 0 Å². The molecule has 4 nitrogen and oxygen atoms in total. The Balaban J connectivity index is 1.50. The summed E-state index contributed by atoms with van der Waals surface area (Å²) in [4.78, 5) is 27.5.